The van der Waals surface area contributed by atoms with Crippen LogP contribution in [-0.4, -0.2) is 13.9 Å². The summed E-state index contributed by atoms with van der Waals surface area (Å²) >= 11 is 0. The van der Waals surface area contributed by atoms with Gasteiger partial charge in [0.2, 0.25) is 0 Å². The van der Waals surface area contributed by atoms with Gasteiger partial charge in [-0.25, -0.2) is 27.9 Å². The zero-order chi connectivity index (χ0) is 12.7. The molecule has 0 saturated heterocycles. The molecule has 3 rings (SSSR count). The summed E-state index contributed by atoms with van der Waals surface area (Å²) in [6.45, 7) is 1.08. The quantitative estimate of drug-likeness (QED) is 0.748. The van der Waals surface area contributed by atoms with E-state index >= 15 is 0 Å². The van der Waals surface area contributed by atoms with Crippen LogP contribution in [0.5, 0.6) is 0 Å². The number of halogens is 1. The lowest BCUT2D eigenvalue weighted by Gasteiger charge is -2.13. The maximum absolute atomic E-state index is 13.2. The summed E-state index contributed by atoms with van der Waals surface area (Å²) in [6.07, 6.45) is 1.76. The van der Waals surface area contributed by atoms with E-state index in [4.69, 9.17) is 0 Å². The highest BCUT2D eigenvalue weighted by Gasteiger charge is 2.19. The third-order valence-corrected chi connectivity index (χ3v) is 3.17. The number of fused-ring (bicyclic) bond motifs is 1. The molecule has 0 radical (unpaired) electrons. The summed E-state index contributed by atoms with van der Waals surface area (Å²) in [5.74, 6) is -0.465. The zero-order valence-electron chi connectivity index (χ0n) is 9.67. The Morgan fingerprint density at radius 3 is 2.17 bits per heavy atom. The molecule has 1 aromatic carbocycles. The highest BCUT2D eigenvalue weighted by atomic mass is 19.1. The summed E-state index contributed by atoms with van der Waals surface area (Å²) < 4.78 is 17.0. The minimum atomic E-state index is -0.465. The number of hydrogen-bond donors (Lipinski definition) is 0. The predicted molar refractivity (Wildman–Crippen MR) is 63.5 cm³/mol. The van der Waals surface area contributed by atoms with Gasteiger partial charge in [0.05, 0.1) is 5.69 Å². The number of hydrogen-bond acceptors (Lipinski definition) is 2. The van der Waals surface area contributed by atoms with E-state index in [2.05, 4.69) is 0 Å². The van der Waals surface area contributed by atoms with E-state index in [1.807, 2.05) is 0 Å². The molecule has 0 unspecified atom stereocenters. The molecule has 1 aromatic heterocycles. The molecular formula is C12H12FN3O2. The first-order valence-electron chi connectivity index (χ1n) is 5.87. The lowest BCUT2D eigenvalue weighted by molar-refractivity contribution is 0.348. The normalized spacial score (nSPS) is 14.5. The van der Waals surface area contributed by atoms with Crippen LogP contribution in [0.4, 0.5) is 4.39 Å². The molecule has 0 atom stereocenters. The van der Waals surface area contributed by atoms with Crippen molar-refractivity contribution in [2.75, 3.05) is 0 Å². The number of aromatic nitrogens is 3. The standard InChI is InChI=1S/C12H12FN3O2/c13-9-4-3-5-10(8-9)16-11(17)14-6-1-2-7-15(14)12(16)18/h3-5,8H,1-2,6-7H2. The SMILES string of the molecule is O=c1n(-c2cccc(F)c2)c(=O)n2n1CCCC2. The van der Waals surface area contributed by atoms with Gasteiger partial charge in [-0.2, -0.15) is 0 Å². The van der Waals surface area contributed by atoms with Gasteiger partial charge in [0.25, 0.3) is 0 Å². The molecule has 0 fully saturated rings. The maximum atomic E-state index is 13.2. The fourth-order valence-corrected chi connectivity index (χ4v) is 2.31. The Balaban J connectivity index is 2.28. The molecule has 0 aliphatic carbocycles. The van der Waals surface area contributed by atoms with Crippen LogP contribution in [0.25, 0.3) is 5.69 Å². The predicted octanol–water partition coefficient (Wildman–Crippen LogP) is 0.734. The third kappa shape index (κ3) is 1.53. The Kier molecular flexibility index (Phi) is 2.43. The monoisotopic (exact) mass is 249 g/mol. The van der Waals surface area contributed by atoms with E-state index in [0.717, 1.165) is 17.4 Å². The van der Waals surface area contributed by atoms with Gasteiger partial charge in [-0.05, 0) is 31.0 Å². The van der Waals surface area contributed by atoms with Crippen molar-refractivity contribution in [1.29, 1.82) is 0 Å². The van der Waals surface area contributed by atoms with E-state index in [1.165, 1.54) is 27.6 Å². The van der Waals surface area contributed by atoms with Crippen molar-refractivity contribution < 1.29 is 4.39 Å². The summed E-state index contributed by atoms with van der Waals surface area (Å²) in [5, 5.41) is 0. The van der Waals surface area contributed by atoms with Gasteiger partial charge in [-0.15, -0.1) is 0 Å². The summed E-state index contributed by atoms with van der Waals surface area (Å²) in [4.78, 5) is 24.3. The van der Waals surface area contributed by atoms with Crippen LogP contribution in [0.2, 0.25) is 0 Å². The van der Waals surface area contributed by atoms with Crippen LogP contribution in [0.15, 0.2) is 33.9 Å². The van der Waals surface area contributed by atoms with Crippen molar-refractivity contribution in [2.24, 2.45) is 0 Å². The van der Waals surface area contributed by atoms with Gasteiger partial charge in [-0.1, -0.05) is 6.07 Å². The molecule has 1 aliphatic heterocycles. The van der Waals surface area contributed by atoms with Gasteiger partial charge < -0.3 is 0 Å². The van der Waals surface area contributed by atoms with Gasteiger partial charge >= 0.3 is 11.4 Å². The second-order valence-electron chi connectivity index (χ2n) is 4.33. The molecule has 0 spiro atoms. The minimum Gasteiger partial charge on any atom is -0.246 e. The molecule has 18 heavy (non-hydrogen) atoms. The average Bonchev–Trinajstić information content (AvgIpc) is 2.63. The van der Waals surface area contributed by atoms with E-state index < -0.39 is 17.2 Å². The smallest absolute Gasteiger partial charge is 0.246 e. The summed E-state index contributed by atoms with van der Waals surface area (Å²) in [7, 11) is 0. The Morgan fingerprint density at radius 2 is 1.61 bits per heavy atom. The van der Waals surface area contributed by atoms with Crippen LogP contribution in [-0.2, 0) is 13.1 Å². The fourth-order valence-electron chi connectivity index (χ4n) is 2.31. The van der Waals surface area contributed by atoms with Crippen LogP contribution in [0.1, 0.15) is 12.8 Å². The molecule has 1 aliphatic rings. The number of nitrogens with zero attached hydrogens (tertiary/aromatic N) is 3. The third-order valence-electron chi connectivity index (χ3n) is 3.17. The van der Waals surface area contributed by atoms with Gasteiger partial charge in [0.1, 0.15) is 5.82 Å². The van der Waals surface area contributed by atoms with E-state index in [-0.39, 0.29) is 5.69 Å². The molecule has 6 heteroatoms. The molecule has 0 N–H and O–H groups in total. The molecular weight excluding hydrogens is 237 g/mol. The minimum absolute atomic E-state index is 0.277. The molecule has 94 valence electrons. The Labute approximate surface area is 102 Å². The first-order chi connectivity index (χ1) is 8.68. The highest BCUT2D eigenvalue weighted by Crippen LogP contribution is 2.07. The lowest BCUT2D eigenvalue weighted by Crippen LogP contribution is -2.30. The van der Waals surface area contributed by atoms with Crippen molar-refractivity contribution in [3.63, 3.8) is 0 Å². The second-order valence-corrected chi connectivity index (χ2v) is 4.33. The first-order valence-corrected chi connectivity index (χ1v) is 5.87. The van der Waals surface area contributed by atoms with E-state index in [0.29, 0.717) is 13.1 Å². The van der Waals surface area contributed by atoms with E-state index in [9.17, 15) is 14.0 Å². The topological polar surface area (TPSA) is 48.9 Å². The van der Waals surface area contributed by atoms with Gasteiger partial charge in [-0.3, -0.25) is 0 Å². The van der Waals surface area contributed by atoms with Crippen LogP contribution < -0.4 is 11.4 Å². The molecule has 0 amide bonds. The molecule has 0 saturated carbocycles. The highest BCUT2D eigenvalue weighted by molar-refractivity contribution is 5.31. The van der Waals surface area contributed by atoms with Crippen molar-refractivity contribution in [2.45, 2.75) is 25.9 Å². The fraction of sp³-hybridized carbons (Fsp3) is 0.333. The van der Waals surface area contributed by atoms with Crippen molar-refractivity contribution in [3.8, 4) is 5.69 Å². The Bertz CT molecular complexity index is 673. The number of benzene rings is 1. The maximum Gasteiger partial charge on any atom is 0.351 e. The van der Waals surface area contributed by atoms with Crippen LogP contribution in [0, 0.1) is 5.82 Å². The largest absolute Gasteiger partial charge is 0.351 e. The number of rotatable bonds is 1. The van der Waals surface area contributed by atoms with Crippen molar-refractivity contribution in [1.82, 2.24) is 13.9 Å². The molecule has 5 nitrogen and oxygen atoms in total. The Morgan fingerprint density at radius 1 is 1.00 bits per heavy atom. The van der Waals surface area contributed by atoms with Crippen LogP contribution in [0.3, 0.4) is 0 Å². The van der Waals surface area contributed by atoms with Crippen LogP contribution >= 0.6 is 0 Å². The average molecular weight is 249 g/mol. The lowest BCUT2D eigenvalue weighted by atomic mass is 10.3. The Hall–Kier alpha value is -2.11. The zero-order valence-corrected chi connectivity index (χ0v) is 9.67. The first kappa shape index (κ1) is 11.0. The van der Waals surface area contributed by atoms with Crippen molar-refractivity contribution >= 4 is 0 Å². The second kappa shape index (κ2) is 3.97. The van der Waals surface area contributed by atoms with Gasteiger partial charge in [0, 0.05) is 13.1 Å². The molecule has 2 heterocycles. The molecule has 2 aromatic rings. The summed E-state index contributed by atoms with van der Waals surface area (Å²) in [5.41, 5.74) is -0.519. The van der Waals surface area contributed by atoms with Crippen molar-refractivity contribution in [3.05, 3.63) is 51.1 Å². The van der Waals surface area contributed by atoms with E-state index in [1.54, 1.807) is 6.07 Å². The molecule has 0 bridgehead atoms. The summed E-state index contributed by atoms with van der Waals surface area (Å²) in [6, 6.07) is 5.51. The van der Waals surface area contributed by atoms with Gasteiger partial charge in [0.15, 0.2) is 0 Å².